The van der Waals surface area contributed by atoms with Gasteiger partial charge in [0, 0.05) is 44.9 Å². The summed E-state index contributed by atoms with van der Waals surface area (Å²) in [5.41, 5.74) is 2.08. The molecule has 3 N–H and O–H groups in total. The summed E-state index contributed by atoms with van der Waals surface area (Å²) in [5.74, 6) is -0.0838. The molecule has 2 aromatic heterocycles. The van der Waals surface area contributed by atoms with E-state index >= 15 is 0 Å². The first kappa shape index (κ1) is 15.5. The van der Waals surface area contributed by atoms with Crippen LogP contribution in [0.25, 0.3) is 21.8 Å². The van der Waals surface area contributed by atoms with Crippen molar-refractivity contribution in [3.8, 4) is 0 Å². The van der Waals surface area contributed by atoms with Gasteiger partial charge < -0.3 is 15.3 Å². The Morgan fingerprint density at radius 3 is 2.52 bits per heavy atom. The fourth-order valence-electron chi connectivity index (χ4n) is 2.83. The highest BCUT2D eigenvalue weighted by molar-refractivity contribution is 7.99. The van der Waals surface area contributed by atoms with Gasteiger partial charge in [-0.15, -0.1) is 0 Å². The molecule has 4 rings (SSSR count). The Morgan fingerprint density at radius 2 is 1.76 bits per heavy atom. The van der Waals surface area contributed by atoms with Gasteiger partial charge in [0.1, 0.15) is 5.52 Å². The maximum atomic E-state index is 12.0. The van der Waals surface area contributed by atoms with Crippen LogP contribution in [0.15, 0.2) is 69.3 Å². The molecule has 4 aromatic rings. The predicted octanol–water partition coefficient (Wildman–Crippen LogP) is 4.12. The van der Waals surface area contributed by atoms with E-state index in [9.17, 15) is 9.59 Å². The van der Waals surface area contributed by atoms with Gasteiger partial charge in [0.25, 0.3) is 5.56 Å². The van der Waals surface area contributed by atoms with E-state index in [0.717, 1.165) is 31.8 Å². The second-order valence-corrected chi connectivity index (χ2v) is 6.88. The van der Waals surface area contributed by atoms with Crippen LogP contribution in [-0.2, 0) is 4.79 Å². The number of carbonyl (C=O) groups is 1. The fourth-order valence-corrected chi connectivity index (χ4v) is 3.69. The van der Waals surface area contributed by atoms with Crippen LogP contribution >= 0.6 is 11.8 Å². The van der Waals surface area contributed by atoms with E-state index < -0.39 is 0 Å². The zero-order chi connectivity index (χ0) is 17.4. The van der Waals surface area contributed by atoms with Crippen molar-refractivity contribution in [1.29, 1.82) is 0 Å². The van der Waals surface area contributed by atoms with Crippen molar-refractivity contribution in [1.82, 2.24) is 9.97 Å². The lowest BCUT2D eigenvalue weighted by atomic mass is 10.1. The summed E-state index contributed by atoms with van der Waals surface area (Å²) >= 11 is 1.63. The SMILES string of the molecule is CC(=O)Nc1ccc(Sc2ccc3[nH]c(=O)c4[nH]ccc4c3c2)cc1. The molecule has 0 spiro atoms. The van der Waals surface area contributed by atoms with Gasteiger partial charge >= 0.3 is 0 Å². The third-order valence-electron chi connectivity index (χ3n) is 3.91. The molecule has 0 atom stereocenters. The van der Waals surface area contributed by atoms with Gasteiger partial charge in [-0.2, -0.15) is 0 Å². The number of H-pyrrole nitrogens is 2. The van der Waals surface area contributed by atoms with E-state index in [-0.39, 0.29) is 11.5 Å². The van der Waals surface area contributed by atoms with Gasteiger partial charge in [-0.1, -0.05) is 11.8 Å². The monoisotopic (exact) mass is 349 g/mol. The van der Waals surface area contributed by atoms with E-state index in [2.05, 4.69) is 21.4 Å². The minimum Gasteiger partial charge on any atom is -0.357 e. The van der Waals surface area contributed by atoms with E-state index in [0.29, 0.717) is 5.52 Å². The summed E-state index contributed by atoms with van der Waals surface area (Å²) in [6.07, 6.45) is 1.78. The topological polar surface area (TPSA) is 77.8 Å². The lowest BCUT2D eigenvalue weighted by molar-refractivity contribution is -0.114. The number of benzene rings is 2. The smallest absolute Gasteiger partial charge is 0.272 e. The highest BCUT2D eigenvalue weighted by Gasteiger charge is 2.07. The molecule has 2 heterocycles. The Balaban J connectivity index is 1.69. The van der Waals surface area contributed by atoms with Crippen LogP contribution in [0.4, 0.5) is 5.69 Å². The second-order valence-electron chi connectivity index (χ2n) is 5.74. The first-order chi connectivity index (χ1) is 12.1. The van der Waals surface area contributed by atoms with Gasteiger partial charge in [-0.3, -0.25) is 9.59 Å². The van der Waals surface area contributed by atoms with Crippen LogP contribution in [0.2, 0.25) is 0 Å². The maximum absolute atomic E-state index is 12.0. The number of aromatic nitrogens is 2. The molecular formula is C19H15N3O2S. The summed E-state index contributed by atoms with van der Waals surface area (Å²) < 4.78 is 0. The fraction of sp³-hybridized carbons (Fsp3) is 0.0526. The van der Waals surface area contributed by atoms with E-state index in [4.69, 9.17) is 0 Å². The van der Waals surface area contributed by atoms with Crippen molar-refractivity contribution in [2.45, 2.75) is 16.7 Å². The summed E-state index contributed by atoms with van der Waals surface area (Å²) in [4.78, 5) is 31.1. The van der Waals surface area contributed by atoms with Gasteiger partial charge in [-0.05, 0) is 48.5 Å². The molecule has 0 unspecified atom stereocenters. The Morgan fingerprint density at radius 1 is 1.00 bits per heavy atom. The lowest BCUT2D eigenvalue weighted by Crippen LogP contribution is -2.05. The maximum Gasteiger partial charge on any atom is 0.272 e. The third-order valence-corrected chi connectivity index (χ3v) is 4.91. The number of nitrogens with one attached hydrogen (secondary N) is 3. The zero-order valence-electron chi connectivity index (χ0n) is 13.4. The van der Waals surface area contributed by atoms with Crippen LogP contribution < -0.4 is 10.9 Å². The zero-order valence-corrected chi connectivity index (χ0v) is 14.2. The molecule has 0 bridgehead atoms. The standard InChI is InChI=1S/C19H15N3O2S/c1-11(23)21-12-2-4-13(5-3-12)25-14-6-7-17-16(10-14)15-8-9-20-18(15)19(24)22-17/h2-10,20H,1H3,(H,21,23)(H,22,24). The number of fused-ring (bicyclic) bond motifs is 3. The quantitative estimate of drug-likeness (QED) is 0.521. The molecule has 124 valence electrons. The molecule has 0 aliphatic carbocycles. The van der Waals surface area contributed by atoms with Crippen molar-refractivity contribution in [3.63, 3.8) is 0 Å². The van der Waals surface area contributed by atoms with E-state index in [1.165, 1.54) is 6.92 Å². The summed E-state index contributed by atoms with van der Waals surface area (Å²) in [5, 5.41) is 4.69. The average Bonchev–Trinajstić information content (AvgIpc) is 3.08. The second kappa shape index (κ2) is 6.14. The lowest BCUT2D eigenvalue weighted by Gasteiger charge is -2.06. The minimum atomic E-state index is -0.110. The Kier molecular flexibility index (Phi) is 3.82. The number of hydrogen-bond donors (Lipinski definition) is 3. The Hall–Kier alpha value is -2.99. The van der Waals surface area contributed by atoms with Crippen molar-refractivity contribution in [3.05, 3.63) is 65.1 Å². The average molecular weight is 349 g/mol. The van der Waals surface area contributed by atoms with Crippen molar-refractivity contribution < 1.29 is 4.79 Å². The number of aromatic amines is 2. The van der Waals surface area contributed by atoms with E-state index in [1.807, 2.05) is 42.5 Å². The normalized spacial score (nSPS) is 11.1. The van der Waals surface area contributed by atoms with Crippen molar-refractivity contribution in [2.24, 2.45) is 0 Å². The van der Waals surface area contributed by atoms with Crippen molar-refractivity contribution in [2.75, 3.05) is 5.32 Å². The van der Waals surface area contributed by atoms with Crippen LogP contribution in [0.3, 0.4) is 0 Å². The molecule has 0 aliphatic heterocycles. The molecule has 5 nitrogen and oxygen atoms in total. The number of pyridine rings is 1. The molecule has 0 saturated heterocycles. The molecular weight excluding hydrogens is 334 g/mol. The van der Waals surface area contributed by atoms with Crippen LogP contribution in [-0.4, -0.2) is 15.9 Å². The molecule has 25 heavy (non-hydrogen) atoms. The molecule has 0 saturated carbocycles. The number of rotatable bonds is 3. The molecule has 0 fully saturated rings. The van der Waals surface area contributed by atoms with Crippen LogP contribution in [0.5, 0.6) is 0 Å². The highest BCUT2D eigenvalue weighted by atomic mass is 32.2. The molecule has 1 amide bonds. The first-order valence-electron chi connectivity index (χ1n) is 7.79. The molecule has 6 heteroatoms. The van der Waals surface area contributed by atoms with Crippen LogP contribution in [0, 0.1) is 0 Å². The first-order valence-corrected chi connectivity index (χ1v) is 8.60. The molecule has 0 radical (unpaired) electrons. The van der Waals surface area contributed by atoms with Gasteiger partial charge in [0.2, 0.25) is 5.91 Å². The summed E-state index contributed by atoms with van der Waals surface area (Å²) in [6.45, 7) is 1.49. The summed E-state index contributed by atoms with van der Waals surface area (Å²) in [6, 6.07) is 15.6. The van der Waals surface area contributed by atoms with Crippen LogP contribution in [0.1, 0.15) is 6.92 Å². The van der Waals surface area contributed by atoms with Gasteiger partial charge in [0.05, 0.1) is 0 Å². The molecule has 2 aromatic carbocycles. The third kappa shape index (κ3) is 3.04. The number of carbonyl (C=O) groups excluding carboxylic acids is 1. The number of amides is 1. The Labute approximate surface area is 147 Å². The Bertz CT molecular complexity index is 1140. The predicted molar refractivity (Wildman–Crippen MR) is 101 cm³/mol. The highest BCUT2D eigenvalue weighted by Crippen LogP contribution is 2.32. The number of hydrogen-bond acceptors (Lipinski definition) is 3. The minimum absolute atomic E-state index is 0.0838. The molecule has 0 aliphatic rings. The van der Waals surface area contributed by atoms with E-state index in [1.54, 1.807) is 18.0 Å². The van der Waals surface area contributed by atoms with Crippen molar-refractivity contribution >= 4 is 45.2 Å². The number of anilines is 1. The van der Waals surface area contributed by atoms with Gasteiger partial charge in [-0.25, -0.2) is 0 Å². The summed E-state index contributed by atoms with van der Waals surface area (Å²) in [7, 11) is 0. The largest absolute Gasteiger partial charge is 0.357 e. The van der Waals surface area contributed by atoms with Gasteiger partial charge in [0.15, 0.2) is 0 Å².